The molecule has 1 aliphatic rings. The number of aromatic nitrogens is 1. The van der Waals surface area contributed by atoms with Crippen LogP contribution in [0.1, 0.15) is 26.5 Å². The summed E-state index contributed by atoms with van der Waals surface area (Å²) in [6, 6.07) is 17.9. The van der Waals surface area contributed by atoms with Gasteiger partial charge in [0.2, 0.25) is 0 Å². The number of hydrogen-bond donors (Lipinski definition) is 2. The SMILES string of the molecule is COc1cccc(-c2c3c(nc4sc(C(=O)NCc5ccccc5)c(N)c24)CCN(C)C3)c1. The Hall–Kier alpha value is -3.42. The van der Waals surface area contributed by atoms with Crippen LogP contribution in [0.3, 0.4) is 0 Å². The van der Waals surface area contributed by atoms with Crippen molar-refractivity contribution in [3.63, 3.8) is 0 Å². The second-order valence-electron chi connectivity index (χ2n) is 8.33. The lowest BCUT2D eigenvalue weighted by molar-refractivity contribution is 0.0956. The molecule has 6 nitrogen and oxygen atoms in total. The molecule has 3 N–H and O–H groups in total. The number of nitrogens with zero attached hydrogens (tertiary/aromatic N) is 2. The molecular formula is C26H26N4O2S. The predicted octanol–water partition coefficient (Wildman–Crippen LogP) is 4.47. The van der Waals surface area contributed by atoms with E-state index >= 15 is 0 Å². The quantitative estimate of drug-likeness (QED) is 0.461. The van der Waals surface area contributed by atoms with Crippen molar-refractivity contribution in [2.75, 3.05) is 26.4 Å². The number of hydrogen-bond acceptors (Lipinski definition) is 6. The van der Waals surface area contributed by atoms with Crippen LogP contribution in [0.25, 0.3) is 21.3 Å². The van der Waals surface area contributed by atoms with Crippen molar-refractivity contribution in [3.8, 4) is 16.9 Å². The first kappa shape index (κ1) is 21.4. The lowest BCUT2D eigenvalue weighted by Gasteiger charge is -2.27. The smallest absolute Gasteiger partial charge is 0.263 e. The van der Waals surface area contributed by atoms with Crippen LogP contribution in [0.4, 0.5) is 5.69 Å². The van der Waals surface area contributed by atoms with Crippen molar-refractivity contribution in [3.05, 3.63) is 76.3 Å². The third-order valence-electron chi connectivity index (χ3n) is 6.08. The number of amides is 1. The second kappa shape index (κ2) is 8.84. The number of methoxy groups -OCH3 is 1. The van der Waals surface area contributed by atoms with Crippen molar-refractivity contribution in [1.29, 1.82) is 0 Å². The minimum Gasteiger partial charge on any atom is -0.497 e. The van der Waals surface area contributed by atoms with Crippen LogP contribution < -0.4 is 15.8 Å². The van der Waals surface area contributed by atoms with E-state index in [9.17, 15) is 4.79 Å². The summed E-state index contributed by atoms with van der Waals surface area (Å²) in [5.41, 5.74) is 12.5. The Morgan fingerprint density at radius 3 is 2.82 bits per heavy atom. The van der Waals surface area contributed by atoms with Crippen LogP contribution in [-0.2, 0) is 19.5 Å². The number of likely N-dealkylation sites (N-methyl/N-ethyl adjacent to an activating group) is 1. The number of rotatable bonds is 5. The van der Waals surface area contributed by atoms with E-state index in [-0.39, 0.29) is 5.91 Å². The number of nitrogen functional groups attached to an aromatic ring is 1. The molecule has 33 heavy (non-hydrogen) atoms. The maximum absolute atomic E-state index is 13.1. The average Bonchev–Trinajstić information content (AvgIpc) is 3.17. The van der Waals surface area contributed by atoms with E-state index in [1.165, 1.54) is 16.9 Å². The summed E-state index contributed by atoms with van der Waals surface area (Å²) in [5.74, 6) is 0.607. The van der Waals surface area contributed by atoms with E-state index < -0.39 is 0 Å². The van der Waals surface area contributed by atoms with E-state index in [1.807, 2.05) is 48.5 Å². The van der Waals surface area contributed by atoms with E-state index in [0.29, 0.717) is 17.1 Å². The van der Waals surface area contributed by atoms with Crippen LogP contribution in [0.5, 0.6) is 5.75 Å². The van der Waals surface area contributed by atoms with Gasteiger partial charge in [0.15, 0.2) is 0 Å². The third-order valence-corrected chi connectivity index (χ3v) is 7.18. The Kier molecular flexibility index (Phi) is 5.74. The summed E-state index contributed by atoms with van der Waals surface area (Å²) >= 11 is 1.37. The third kappa shape index (κ3) is 4.05. The number of nitrogens with two attached hydrogens (primary N) is 1. The fraction of sp³-hybridized carbons (Fsp3) is 0.231. The molecule has 3 heterocycles. The van der Waals surface area contributed by atoms with Crippen LogP contribution in [-0.4, -0.2) is 36.5 Å². The van der Waals surface area contributed by atoms with Gasteiger partial charge in [-0.25, -0.2) is 4.98 Å². The maximum Gasteiger partial charge on any atom is 0.263 e. The van der Waals surface area contributed by atoms with Gasteiger partial charge in [0.25, 0.3) is 5.91 Å². The molecule has 0 saturated carbocycles. The fourth-order valence-corrected chi connectivity index (χ4v) is 5.42. The zero-order chi connectivity index (χ0) is 22.9. The van der Waals surface area contributed by atoms with Crippen molar-refractivity contribution in [2.24, 2.45) is 0 Å². The normalized spacial score (nSPS) is 13.6. The van der Waals surface area contributed by atoms with Crippen molar-refractivity contribution in [2.45, 2.75) is 19.5 Å². The van der Waals surface area contributed by atoms with Crippen LogP contribution in [0, 0.1) is 0 Å². The highest BCUT2D eigenvalue weighted by atomic mass is 32.1. The van der Waals surface area contributed by atoms with Gasteiger partial charge in [0, 0.05) is 42.7 Å². The maximum atomic E-state index is 13.1. The van der Waals surface area contributed by atoms with Gasteiger partial charge in [-0.1, -0.05) is 42.5 Å². The molecule has 0 saturated heterocycles. The molecule has 1 aliphatic heterocycles. The molecule has 5 rings (SSSR count). The van der Waals surface area contributed by atoms with E-state index in [1.54, 1.807) is 7.11 Å². The second-order valence-corrected chi connectivity index (χ2v) is 9.32. The number of anilines is 1. The van der Waals surface area contributed by atoms with Crippen LogP contribution in [0.2, 0.25) is 0 Å². The molecule has 0 atom stereocenters. The lowest BCUT2D eigenvalue weighted by atomic mass is 9.92. The van der Waals surface area contributed by atoms with Crippen molar-refractivity contribution >= 4 is 33.1 Å². The van der Waals surface area contributed by atoms with Gasteiger partial charge in [0.05, 0.1) is 12.8 Å². The summed E-state index contributed by atoms with van der Waals surface area (Å²) < 4.78 is 5.48. The van der Waals surface area contributed by atoms with Gasteiger partial charge in [-0.15, -0.1) is 11.3 Å². The fourth-order valence-electron chi connectivity index (χ4n) is 4.38. The number of benzene rings is 2. The molecule has 2 aromatic carbocycles. The Bertz CT molecular complexity index is 1330. The molecule has 0 bridgehead atoms. The minimum atomic E-state index is -0.175. The highest BCUT2D eigenvalue weighted by molar-refractivity contribution is 7.21. The van der Waals surface area contributed by atoms with Gasteiger partial charge in [0.1, 0.15) is 15.5 Å². The summed E-state index contributed by atoms with van der Waals surface area (Å²) in [6.45, 7) is 2.19. The minimum absolute atomic E-state index is 0.175. The van der Waals surface area contributed by atoms with E-state index in [2.05, 4.69) is 23.3 Å². The topological polar surface area (TPSA) is 80.5 Å². The molecule has 0 unspecified atom stereocenters. The lowest BCUT2D eigenvalue weighted by Crippen LogP contribution is -2.28. The summed E-state index contributed by atoms with van der Waals surface area (Å²) in [6.07, 6.45) is 0.867. The van der Waals surface area contributed by atoms with Gasteiger partial charge in [-0.2, -0.15) is 0 Å². The monoisotopic (exact) mass is 458 g/mol. The van der Waals surface area contributed by atoms with Gasteiger partial charge in [-0.3, -0.25) is 4.79 Å². The molecule has 7 heteroatoms. The first-order valence-corrected chi connectivity index (χ1v) is 11.8. The summed E-state index contributed by atoms with van der Waals surface area (Å²) in [5, 5.41) is 3.86. The number of fused-ring (bicyclic) bond motifs is 2. The van der Waals surface area contributed by atoms with Crippen LogP contribution >= 0.6 is 11.3 Å². The molecule has 1 amide bonds. The number of nitrogens with one attached hydrogen (secondary N) is 1. The van der Waals surface area contributed by atoms with Crippen LogP contribution in [0.15, 0.2) is 54.6 Å². The predicted molar refractivity (Wildman–Crippen MR) is 134 cm³/mol. The number of thiophene rings is 1. The highest BCUT2D eigenvalue weighted by Crippen LogP contribution is 2.43. The van der Waals surface area contributed by atoms with Crippen molar-refractivity contribution < 1.29 is 9.53 Å². The first-order valence-electron chi connectivity index (χ1n) is 10.9. The first-order chi connectivity index (χ1) is 16.0. The van der Waals surface area contributed by atoms with E-state index in [0.717, 1.165) is 57.9 Å². The molecule has 0 radical (unpaired) electrons. The Morgan fingerprint density at radius 2 is 2.03 bits per heavy atom. The number of ether oxygens (including phenoxy) is 1. The standard InChI is InChI=1S/C26H26N4O2S/c1-30-12-11-20-19(15-30)21(17-9-6-10-18(13-17)32-2)22-23(27)24(33-26(22)29-20)25(31)28-14-16-7-4-3-5-8-16/h3-10,13H,11-12,14-15,27H2,1-2H3,(H,28,31). The van der Waals surface area contributed by atoms with Gasteiger partial charge in [-0.05, 0) is 35.9 Å². The van der Waals surface area contributed by atoms with E-state index in [4.69, 9.17) is 15.5 Å². The summed E-state index contributed by atoms with van der Waals surface area (Å²) in [4.78, 5) is 21.7. The van der Waals surface area contributed by atoms with Crippen molar-refractivity contribution in [1.82, 2.24) is 15.2 Å². The zero-order valence-electron chi connectivity index (χ0n) is 18.7. The average molecular weight is 459 g/mol. The number of carbonyl (C=O) groups is 1. The Labute approximate surface area is 197 Å². The largest absolute Gasteiger partial charge is 0.497 e. The summed E-state index contributed by atoms with van der Waals surface area (Å²) in [7, 11) is 3.78. The molecule has 4 aromatic rings. The number of pyridine rings is 1. The Morgan fingerprint density at radius 1 is 1.21 bits per heavy atom. The molecule has 168 valence electrons. The molecule has 0 spiro atoms. The zero-order valence-corrected chi connectivity index (χ0v) is 19.5. The highest BCUT2D eigenvalue weighted by Gasteiger charge is 2.27. The molecule has 0 fully saturated rings. The number of carbonyl (C=O) groups excluding carboxylic acids is 1. The Balaban J connectivity index is 1.63. The van der Waals surface area contributed by atoms with Gasteiger partial charge >= 0.3 is 0 Å². The molecule has 2 aromatic heterocycles. The van der Waals surface area contributed by atoms with Gasteiger partial charge < -0.3 is 20.7 Å². The molecule has 0 aliphatic carbocycles. The molecular weight excluding hydrogens is 432 g/mol.